The van der Waals surface area contributed by atoms with Crippen molar-refractivity contribution in [1.29, 1.82) is 0 Å². The third kappa shape index (κ3) is 5.13. The van der Waals surface area contributed by atoms with Gasteiger partial charge in [0.2, 0.25) is 0 Å². The maximum Gasteiger partial charge on any atom is 0.410 e. The molecule has 1 aliphatic heterocycles. The fraction of sp³-hybridized carbons (Fsp3) is 0.667. The molecule has 1 amide bonds. The Kier molecular flexibility index (Phi) is 5.55. The molecular formula is C21H32N2O2. The van der Waals surface area contributed by atoms with E-state index < -0.39 is 5.60 Å². The zero-order valence-corrected chi connectivity index (χ0v) is 15.9. The molecule has 2 aliphatic rings. The molecule has 1 aromatic rings. The number of benzene rings is 1. The maximum absolute atomic E-state index is 12.2. The molecule has 2 fully saturated rings. The van der Waals surface area contributed by atoms with Crippen molar-refractivity contribution in [3.05, 3.63) is 29.8 Å². The zero-order chi connectivity index (χ0) is 17.9. The fourth-order valence-electron chi connectivity index (χ4n) is 3.89. The molecule has 4 heteroatoms. The summed E-state index contributed by atoms with van der Waals surface area (Å²) in [4.78, 5) is 14.0. The van der Waals surface area contributed by atoms with Gasteiger partial charge >= 0.3 is 6.09 Å². The summed E-state index contributed by atoms with van der Waals surface area (Å²) < 4.78 is 5.46. The lowest BCUT2D eigenvalue weighted by Gasteiger charge is -2.24. The molecular weight excluding hydrogens is 312 g/mol. The Morgan fingerprint density at radius 2 is 1.76 bits per heavy atom. The second kappa shape index (κ2) is 7.67. The van der Waals surface area contributed by atoms with Gasteiger partial charge in [-0.3, -0.25) is 0 Å². The van der Waals surface area contributed by atoms with Crippen molar-refractivity contribution >= 4 is 11.8 Å². The van der Waals surface area contributed by atoms with Gasteiger partial charge in [0.05, 0.1) is 0 Å². The summed E-state index contributed by atoms with van der Waals surface area (Å²) in [6.07, 6.45) is 7.56. The van der Waals surface area contributed by atoms with E-state index in [0.29, 0.717) is 12.6 Å². The number of likely N-dealkylation sites (tertiary alicyclic amines) is 1. The topological polar surface area (TPSA) is 41.6 Å². The summed E-state index contributed by atoms with van der Waals surface area (Å²) in [5.74, 6) is 0.747. The molecule has 138 valence electrons. The molecule has 0 radical (unpaired) electrons. The van der Waals surface area contributed by atoms with E-state index in [1.165, 1.54) is 37.7 Å². The predicted molar refractivity (Wildman–Crippen MR) is 102 cm³/mol. The van der Waals surface area contributed by atoms with Gasteiger partial charge in [0, 0.05) is 24.8 Å². The van der Waals surface area contributed by atoms with E-state index in [2.05, 4.69) is 29.6 Å². The largest absolute Gasteiger partial charge is 0.444 e. The molecule has 0 bridgehead atoms. The van der Waals surface area contributed by atoms with Crippen LogP contribution in [-0.4, -0.2) is 35.7 Å². The number of ether oxygens (including phenoxy) is 1. The Bertz CT molecular complexity index is 571. The maximum atomic E-state index is 12.2. The Labute approximate surface area is 151 Å². The van der Waals surface area contributed by atoms with Crippen LogP contribution in [0.25, 0.3) is 0 Å². The first-order valence-electron chi connectivity index (χ1n) is 9.75. The highest BCUT2D eigenvalue weighted by atomic mass is 16.6. The average molecular weight is 344 g/mol. The first-order chi connectivity index (χ1) is 11.9. The van der Waals surface area contributed by atoms with E-state index in [9.17, 15) is 4.79 Å². The van der Waals surface area contributed by atoms with Gasteiger partial charge in [-0.1, -0.05) is 31.4 Å². The molecule has 25 heavy (non-hydrogen) atoms. The zero-order valence-electron chi connectivity index (χ0n) is 15.9. The molecule has 1 atom stereocenters. The minimum Gasteiger partial charge on any atom is -0.444 e. The number of nitrogens with zero attached hydrogens (tertiary/aromatic N) is 1. The van der Waals surface area contributed by atoms with Crippen molar-refractivity contribution in [2.24, 2.45) is 0 Å². The second-order valence-corrected chi connectivity index (χ2v) is 8.51. The van der Waals surface area contributed by atoms with E-state index in [4.69, 9.17) is 4.74 Å². The Morgan fingerprint density at radius 1 is 1.08 bits per heavy atom. The van der Waals surface area contributed by atoms with Gasteiger partial charge in [-0.15, -0.1) is 0 Å². The van der Waals surface area contributed by atoms with Crippen LogP contribution in [0.2, 0.25) is 0 Å². The Hall–Kier alpha value is -1.71. The lowest BCUT2D eigenvalue weighted by Crippen LogP contribution is -2.36. The van der Waals surface area contributed by atoms with Crippen LogP contribution in [0.1, 0.15) is 70.8 Å². The van der Waals surface area contributed by atoms with Crippen molar-refractivity contribution in [2.45, 2.75) is 76.9 Å². The number of rotatable bonds is 3. The molecule has 1 aliphatic carbocycles. The van der Waals surface area contributed by atoms with Gasteiger partial charge in [0.1, 0.15) is 5.60 Å². The molecule has 0 spiro atoms. The minimum atomic E-state index is -0.433. The quantitative estimate of drug-likeness (QED) is 0.824. The van der Waals surface area contributed by atoms with E-state index in [1.807, 2.05) is 20.8 Å². The lowest BCUT2D eigenvalue weighted by molar-refractivity contribution is 0.0293. The first-order valence-corrected chi connectivity index (χ1v) is 9.75. The van der Waals surface area contributed by atoms with Crippen LogP contribution >= 0.6 is 0 Å². The number of anilines is 1. The van der Waals surface area contributed by atoms with Gasteiger partial charge in [0.15, 0.2) is 0 Å². The molecule has 4 nitrogen and oxygen atoms in total. The normalized spacial score (nSPS) is 22.0. The fourth-order valence-corrected chi connectivity index (χ4v) is 3.89. The van der Waals surface area contributed by atoms with Crippen LogP contribution in [0.15, 0.2) is 24.3 Å². The first kappa shape index (κ1) is 18.1. The summed E-state index contributed by atoms with van der Waals surface area (Å²) in [7, 11) is 0. The number of carbonyl (C=O) groups excluding carboxylic acids is 1. The van der Waals surface area contributed by atoms with Crippen LogP contribution in [0.5, 0.6) is 0 Å². The number of hydrogen-bond donors (Lipinski definition) is 1. The highest BCUT2D eigenvalue weighted by Gasteiger charge is 2.29. The smallest absolute Gasteiger partial charge is 0.410 e. The van der Waals surface area contributed by atoms with Crippen molar-refractivity contribution in [2.75, 3.05) is 18.4 Å². The summed E-state index contributed by atoms with van der Waals surface area (Å²) in [5.41, 5.74) is 2.19. The Morgan fingerprint density at radius 3 is 2.40 bits per heavy atom. The number of nitrogens with one attached hydrogen (secondary N) is 1. The van der Waals surface area contributed by atoms with E-state index in [-0.39, 0.29) is 6.09 Å². The lowest BCUT2D eigenvalue weighted by atomic mass is 9.84. The number of hydrogen-bond acceptors (Lipinski definition) is 3. The van der Waals surface area contributed by atoms with E-state index in [0.717, 1.165) is 24.6 Å². The third-order valence-electron chi connectivity index (χ3n) is 5.20. The summed E-state index contributed by atoms with van der Waals surface area (Å²) >= 11 is 0. The van der Waals surface area contributed by atoms with Gasteiger partial charge in [0.25, 0.3) is 0 Å². The van der Waals surface area contributed by atoms with Crippen LogP contribution in [0, 0.1) is 0 Å². The molecule has 3 rings (SSSR count). The molecule has 1 saturated carbocycles. The minimum absolute atomic E-state index is 0.204. The van der Waals surface area contributed by atoms with Crippen LogP contribution in [0.4, 0.5) is 10.5 Å². The van der Waals surface area contributed by atoms with Crippen molar-refractivity contribution in [1.82, 2.24) is 4.90 Å². The van der Waals surface area contributed by atoms with Gasteiger partial charge in [-0.05, 0) is 63.6 Å². The number of carbonyl (C=O) groups is 1. The highest BCUT2D eigenvalue weighted by molar-refractivity contribution is 5.68. The van der Waals surface area contributed by atoms with Gasteiger partial charge in [-0.25, -0.2) is 4.79 Å². The summed E-state index contributed by atoms with van der Waals surface area (Å²) in [6, 6.07) is 9.24. The number of amides is 1. The van der Waals surface area contributed by atoms with Crippen LogP contribution in [0.3, 0.4) is 0 Å². The van der Waals surface area contributed by atoms with Gasteiger partial charge in [-0.2, -0.15) is 0 Å². The second-order valence-electron chi connectivity index (χ2n) is 8.51. The van der Waals surface area contributed by atoms with Crippen LogP contribution in [-0.2, 0) is 4.74 Å². The SMILES string of the molecule is CC(C)(C)OC(=O)N1CCC(Nc2ccc(C3CCCCC3)cc2)C1. The third-order valence-corrected chi connectivity index (χ3v) is 5.20. The van der Waals surface area contributed by atoms with E-state index in [1.54, 1.807) is 4.90 Å². The average Bonchev–Trinajstić information content (AvgIpc) is 3.04. The molecule has 1 aromatic carbocycles. The summed E-state index contributed by atoms with van der Waals surface area (Å²) in [5, 5.41) is 3.57. The molecule has 1 saturated heterocycles. The Balaban J connectivity index is 1.50. The molecule has 1 heterocycles. The standard InChI is InChI=1S/C21H32N2O2/c1-21(2,3)25-20(24)23-14-13-19(15-23)22-18-11-9-17(10-12-18)16-7-5-4-6-8-16/h9-12,16,19,22H,4-8,13-15H2,1-3H3. The van der Waals surface area contributed by atoms with Gasteiger partial charge < -0.3 is 15.0 Å². The highest BCUT2D eigenvalue weighted by Crippen LogP contribution is 2.33. The van der Waals surface area contributed by atoms with Crippen molar-refractivity contribution < 1.29 is 9.53 Å². The van der Waals surface area contributed by atoms with E-state index >= 15 is 0 Å². The monoisotopic (exact) mass is 344 g/mol. The predicted octanol–water partition coefficient (Wildman–Crippen LogP) is 5.16. The van der Waals surface area contributed by atoms with Crippen molar-refractivity contribution in [3.8, 4) is 0 Å². The van der Waals surface area contributed by atoms with Crippen molar-refractivity contribution in [3.63, 3.8) is 0 Å². The van der Waals surface area contributed by atoms with Crippen LogP contribution < -0.4 is 5.32 Å². The molecule has 0 aromatic heterocycles. The molecule has 1 N–H and O–H groups in total. The summed E-state index contributed by atoms with van der Waals surface area (Å²) in [6.45, 7) is 7.19. The molecule has 1 unspecified atom stereocenters.